The summed E-state index contributed by atoms with van der Waals surface area (Å²) in [5.41, 5.74) is 0.0319. The molecule has 0 saturated carbocycles. The van der Waals surface area contributed by atoms with Gasteiger partial charge in [-0.25, -0.2) is 0 Å². The van der Waals surface area contributed by atoms with Crippen LogP contribution < -0.4 is 5.43 Å². The lowest BCUT2D eigenvalue weighted by atomic mass is 10.3. The van der Waals surface area contributed by atoms with Gasteiger partial charge in [-0.3, -0.25) is 9.59 Å². The third kappa shape index (κ3) is 3.91. The van der Waals surface area contributed by atoms with Crippen molar-refractivity contribution in [2.45, 2.75) is 6.54 Å². The number of carbonyl (C=O) groups is 1. The van der Waals surface area contributed by atoms with Gasteiger partial charge in [-0.1, -0.05) is 0 Å². The summed E-state index contributed by atoms with van der Waals surface area (Å²) in [5, 5.41) is 0. The highest BCUT2D eigenvalue weighted by atomic mass is 127. The van der Waals surface area contributed by atoms with Crippen molar-refractivity contribution < 1.29 is 4.79 Å². The van der Waals surface area contributed by atoms with Crippen LogP contribution in [0, 0.1) is 7.14 Å². The third-order valence-electron chi connectivity index (χ3n) is 3.17. The van der Waals surface area contributed by atoms with E-state index in [1.807, 2.05) is 50.1 Å². The second-order valence-electron chi connectivity index (χ2n) is 4.64. The second kappa shape index (κ2) is 6.53. The molecule has 0 aliphatic carbocycles. The van der Waals surface area contributed by atoms with Gasteiger partial charge < -0.3 is 14.4 Å². The zero-order chi connectivity index (χ0) is 14.0. The molecule has 1 aliphatic heterocycles. The number of piperazine rings is 1. The molecule has 0 spiro atoms. The number of amides is 1. The van der Waals surface area contributed by atoms with E-state index in [0.29, 0.717) is 13.7 Å². The molecule has 2 heterocycles. The van der Waals surface area contributed by atoms with Crippen LogP contribution in [0.1, 0.15) is 0 Å². The van der Waals surface area contributed by atoms with Gasteiger partial charge in [-0.15, -0.1) is 0 Å². The second-order valence-corrected chi connectivity index (χ2v) is 6.96. The average molecular weight is 487 g/mol. The van der Waals surface area contributed by atoms with E-state index in [2.05, 4.69) is 11.9 Å². The van der Waals surface area contributed by atoms with Gasteiger partial charge in [0.2, 0.25) is 11.3 Å². The highest BCUT2D eigenvalue weighted by molar-refractivity contribution is 14.1. The molecule has 1 aliphatic rings. The summed E-state index contributed by atoms with van der Waals surface area (Å²) in [5.74, 6) is 0.114. The van der Waals surface area contributed by atoms with Crippen LogP contribution in [0.2, 0.25) is 0 Å². The van der Waals surface area contributed by atoms with E-state index in [0.717, 1.165) is 26.2 Å². The molecule has 0 atom stereocenters. The number of nitrogens with zero attached hydrogens (tertiary/aromatic N) is 3. The molecule has 0 aromatic carbocycles. The first-order chi connectivity index (χ1) is 8.97. The van der Waals surface area contributed by atoms with E-state index < -0.39 is 0 Å². The molecule has 1 aromatic heterocycles. The fourth-order valence-corrected chi connectivity index (χ4v) is 3.78. The summed E-state index contributed by atoms with van der Waals surface area (Å²) in [6.45, 7) is 3.71. The minimum absolute atomic E-state index is 0.0319. The Morgan fingerprint density at radius 2 is 1.68 bits per heavy atom. The maximum atomic E-state index is 12.2. The smallest absolute Gasteiger partial charge is 0.242 e. The Morgan fingerprint density at radius 1 is 1.16 bits per heavy atom. The molecule has 0 radical (unpaired) electrons. The summed E-state index contributed by atoms with van der Waals surface area (Å²) in [6, 6.07) is 0. The number of hydrogen-bond donors (Lipinski definition) is 0. The van der Waals surface area contributed by atoms with Gasteiger partial charge in [0.15, 0.2) is 0 Å². The molecule has 1 saturated heterocycles. The molecule has 0 unspecified atom stereocenters. The maximum Gasteiger partial charge on any atom is 0.242 e. The van der Waals surface area contributed by atoms with Crippen molar-refractivity contribution >= 4 is 51.1 Å². The number of halogens is 2. The van der Waals surface area contributed by atoms with Crippen molar-refractivity contribution in [1.82, 2.24) is 14.4 Å². The number of aromatic nitrogens is 1. The highest BCUT2D eigenvalue weighted by Crippen LogP contribution is 2.06. The number of rotatable bonds is 2. The lowest BCUT2D eigenvalue weighted by Crippen LogP contribution is -2.48. The summed E-state index contributed by atoms with van der Waals surface area (Å²) in [4.78, 5) is 27.9. The van der Waals surface area contributed by atoms with Gasteiger partial charge >= 0.3 is 0 Å². The van der Waals surface area contributed by atoms with Gasteiger partial charge in [0.05, 0.1) is 7.14 Å². The van der Waals surface area contributed by atoms with Gasteiger partial charge in [0, 0.05) is 38.6 Å². The first-order valence-corrected chi connectivity index (χ1v) is 8.14. The zero-order valence-corrected chi connectivity index (χ0v) is 14.9. The van der Waals surface area contributed by atoms with Crippen molar-refractivity contribution in [2.75, 3.05) is 33.2 Å². The lowest BCUT2D eigenvalue weighted by Gasteiger charge is -2.32. The van der Waals surface area contributed by atoms with Crippen molar-refractivity contribution in [3.05, 3.63) is 29.8 Å². The molecular weight excluding hydrogens is 472 g/mol. The normalized spacial score (nSPS) is 16.7. The molecule has 0 N–H and O–H groups in total. The van der Waals surface area contributed by atoms with Crippen molar-refractivity contribution in [1.29, 1.82) is 0 Å². The van der Waals surface area contributed by atoms with E-state index in [-0.39, 0.29) is 11.3 Å². The van der Waals surface area contributed by atoms with Crippen LogP contribution >= 0.6 is 45.2 Å². The largest absolute Gasteiger partial charge is 0.343 e. The lowest BCUT2D eigenvalue weighted by molar-refractivity contribution is -0.133. The zero-order valence-electron chi connectivity index (χ0n) is 10.6. The molecule has 5 nitrogen and oxygen atoms in total. The van der Waals surface area contributed by atoms with E-state index in [1.165, 1.54) is 0 Å². The van der Waals surface area contributed by atoms with Crippen LogP contribution in [0.3, 0.4) is 0 Å². The molecule has 19 heavy (non-hydrogen) atoms. The number of hydrogen-bond acceptors (Lipinski definition) is 3. The molecule has 1 amide bonds. The SMILES string of the molecule is CN1CCN(C(=O)Cn2cc(I)c(=O)c(I)c2)CC1. The Morgan fingerprint density at radius 3 is 2.21 bits per heavy atom. The summed E-state index contributed by atoms with van der Waals surface area (Å²) in [7, 11) is 2.06. The van der Waals surface area contributed by atoms with Gasteiger partial charge in [0.25, 0.3) is 0 Å². The van der Waals surface area contributed by atoms with Crippen LogP contribution in [0.4, 0.5) is 0 Å². The quantitative estimate of drug-likeness (QED) is 0.582. The Bertz CT molecular complexity index is 510. The Labute approximate surface area is 139 Å². The van der Waals surface area contributed by atoms with E-state index in [4.69, 9.17) is 0 Å². The fraction of sp³-hybridized carbons (Fsp3) is 0.500. The van der Waals surface area contributed by atoms with Crippen LogP contribution in [-0.2, 0) is 11.3 Å². The van der Waals surface area contributed by atoms with E-state index in [9.17, 15) is 9.59 Å². The minimum Gasteiger partial charge on any atom is -0.343 e. The Balaban J connectivity index is 2.05. The van der Waals surface area contributed by atoms with Gasteiger partial charge in [-0.2, -0.15) is 0 Å². The molecule has 1 fully saturated rings. The number of pyridine rings is 1. The maximum absolute atomic E-state index is 12.2. The molecule has 1 aromatic rings. The topological polar surface area (TPSA) is 45.5 Å². The molecule has 7 heteroatoms. The van der Waals surface area contributed by atoms with Crippen LogP contribution in [-0.4, -0.2) is 53.5 Å². The Kier molecular flexibility index (Phi) is 5.23. The first-order valence-electron chi connectivity index (χ1n) is 5.99. The van der Waals surface area contributed by atoms with E-state index >= 15 is 0 Å². The summed E-state index contributed by atoms with van der Waals surface area (Å²) < 4.78 is 3.09. The summed E-state index contributed by atoms with van der Waals surface area (Å²) in [6.07, 6.45) is 3.47. The molecule has 0 bridgehead atoms. The predicted octanol–water partition coefficient (Wildman–Crippen LogP) is 0.832. The van der Waals surface area contributed by atoms with Crippen LogP contribution in [0.5, 0.6) is 0 Å². The average Bonchev–Trinajstić information content (AvgIpc) is 2.36. The molecular formula is C12H15I2N3O2. The standard InChI is InChI=1S/C12H15I2N3O2/c1-15-2-4-17(5-3-15)11(18)8-16-6-9(13)12(19)10(14)7-16/h6-7H,2-5,8H2,1H3. The van der Waals surface area contributed by atoms with Crippen LogP contribution in [0.25, 0.3) is 0 Å². The summed E-state index contributed by atoms with van der Waals surface area (Å²) >= 11 is 4.02. The highest BCUT2D eigenvalue weighted by Gasteiger charge is 2.19. The number of likely N-dealkylation sites (N-methyl/N-ethyl adjacent to an activating group) is 1. The molecule has 2 rings (SSSR count). The van der Waals surface area contributed by atoms with Gasteiger partial charge in [-0.05, 0) is 52.2 Å². The number of carbonyl (C=O) groups excluding carboxylic acids is 1. The van der Waals surface area contributed by atoms with E-state index in [1.54, 1.807) is 17.0 Å². The van der Waals surface area contributed by atoms with Crippen molar-refractivity contribution in [2.24, 2.45) is 0 Å². The molecule has 104 valence electrons. The van der Waals surface area contributed by atoms with Crippen molar-refractivity contribution in [3.8, 4) is 0 Å². The van der Waals surface area contributed by atoms with Gasteiger partial charge in [0.1, 0.15) is 6.54 Å². The van der Waals surface area contributed by atoms with Crippen molar-refractivity contribution in [3.63, 3.8) is 0 Å². The third-order valence-corrected chi connectivity index (χ3v) is 4.70. The predicted molar refractivity (Wildman–Crippen MR) is 90.2 cm³/mol. The minimum atomic E-state index is 0.0319. The fourth-order valence-electron chi connectivity index (χ4n) is 1.96. The monoisotopic (exact) mass is 487 g/mol. The van der Waals surface area contributed by atoms with Crippen LogP contribution in [0.15, 0.2) is 17.2 Å². The first kappa shape index (κ1) is 15.2. The Hall–Kier alpha value is -0.160.